The van der Waals surface area contributed by atoms with Gasteiger partial charge in [-0.3, -0.25) is 4.79 Å². The molecule has 0 saturated carbocycles. The van der Waals surface area contributed by atoms with E-state index in [0.717, 1.165) is 6.42 Å². The first-order valence-electron chi connectivity index (χ1n) is 11.0. The summed E-state index contributed by atoms with van der Waals surface area (Å²) >= 11 is 0. The highest BCUT2D eigenvalue weighted by molar-refractivity contribution is 5.89. The molecule has 0 atom stereocenters. The second-order valence-corrected chi connectivity index (χ2v) is 7.70. The number of esters is 1. The van der Waals surface area contributed by atoms with Gasteiger partial charge in [0.2, 0.25) is 11.2 Å². The Labute approximate surface area is 195 Å². The molecule has 2 heterocycles. The molecule has 34 heavy (non-hydrogen) atoms. The Balaban J connectivity index is 1.52. The van der Waals surface area contributed by atoms with Crippen LogP contribution in [0.25, 0.3) is 11.0 Å². The van der Waals surface area contributed by atoms with Gasteiger partial charge in [-0.25, -0.2) is 9.59 Å². The number of nitrogens with zero attached hydrogens (tertiary/aromatic N) is 1. The Morgan fingerprint density at radius 1 is 1.03 bits per heavy atom. The average Bonchev–Trinajstić information content (AvgIpc) is 2.86. The number of amides is 1. The summed E-state index contributed by atoms with van der Waals surface area (Å²) in [7, 11) is 0. The molecular weight excluding hydrogens is 442 g/mol. The highest BCUT2D eigenvalue weighted by atomic mass is 16.6. The minimum absolute atomic E-state index is 0.0341. The van der Waals surface area contributed by atoms with Crippen LogP contribution in [0.4, 0.5) is 4.79 Å². The number of aryl methyl sites for hydroxylation is 1. The van der Waals surface area contributed by atoms with Gasteiger partial charge in [0.05, 0.1) is 30.8 Å². The van der Waals surface area contributed by atoms with E-state index < -0.39 is 12.1 Å². The topological polar surface area (TPSA) is 105 Å². The normalized spacial score (nSPS) is 13.5. The van der Waals surface area contributed by atoms with Crippen LogP contribution in [-0.4, -0.2) is 49.9 Å². The molecule has 1 saturated heterocycles. The van der Waals surface area contributed by atoms with E-state index in [1.807, 2.05) is 6.92 Å². The lowest BCUT2D eigenvalue weighted by Crippen LogP contribution is -2.42. The Morgan fingerprint density at radius 2 is 1.74 bits per heavy atom. The van der Waals surface area contributed by atoms with E-state index in [0.29, 0.717) is 44.2 Å². The molecule has 4 rings (SSSR count). The second kappa shape index (κ2) is 10.4. The summed E-state index contributed by atoms with van der Waals surface area (Å²) in [4.78, 5) is 38.9. The molecule has 0 spiro atoms. The largest absolute Gasteiger partial charge is 0.462 e. The zero-order chi connectivity index (χ0) is 24.1. The predicted molar refractivity (Wildman–Crippen MR) is 123 cm³/mol. The Morgan fingerprint density at radius 3 is 2.44 bits per heavy atom. The van der Waals surface area contributed by atoms with Gasteiger partial charge < -0.3 is 28.3 Å². The third kappa shape index (κ3) is 5.20. The maximum Gasteiger partial charge on any atom is 0.415 e. The van der Waals surface area contributed by atoms with Crippen LogP contribution in [0.3, 0.4) is 0 Å². The molecule has 0 radical (unpaired) electrons. The Bertz CT molecular complexity index is 1240. The van der Waals surface area contributed by atoms with E-state index in [2.05, 4.69) is 0 Å². The van der Waals surface area contributed by atoms with Gasteiger partial charge in [0.15, 0.2) is 0 Å². The van der Waals surface area contributed by atoms with E-state index in [4.69, 9.17) is 23.4 Å². The van der Waals surface area contributed by atoms with Crippen LogP contribution in [-0.2, 0) is 9.47 Å². The van der Waals surface area contributed by atoms with Crippen LogP contribution in [0, 0.1) is 6.92 Å². The molecule has 3 aromatic rings. The number of ether oxygens (including phenoxy) is 4. The van der Waals surface area contributed by atoms with Crippen molar-refractivity contribution < 1.29 is 33.0 Å². The Hall–Kier alpha value is -3.85. The van der Waals surface area contributed by atoms with Crippen molar-refractivity contribution in [1.29, 1.82) is 0 Å². The number of rotatable bonds is 6. The van der Waals surface area contributed by atoms with E-state index >= 15 is 0 Å². The minimum Gasteiger partial charge on any atom is -0.462 e. The molecule has 0 aliphatic carbocycles. The lowest BCUT2D eigenvalue weighted by molar-refractivity contribution is 0.0416. The molecule has 0 unspecified atom stereocenters. The summed E-state index contributed by atoms with van der Waals surface area (Å²) in [6.07, 6.45) is 0.255. The van der Waals surface area contributed by atoms with Crippen molar-refractivity contribution >= 4 is 23.0 Å². The van der Waals surface area contributed by atoms with E-state index in [1.54, 1.807) is 36.1 Å². The zero-order valence-corrected chi connectivity index (χ0v) is 19.0. The molecule has 0 N–H and O–H groups in total. The van der Waals surface area contributed by atoms with E-state index in [9.17, 15) is 14.4 Å². The smallest absolute Gasteiger partial charge is 0.415 e. The van der Waals surface area contributed by atoms with E-state index in [-0.39, 0.29) is 33.7 Å². The molecule has 1 aliphatic heterocycles. The van der Waals surface area contributed by atoms with Gasteiger partial charge in [0.25, 0.3) is 0 Å². The third-order valence-corrected chi connectivity index (χ3v) is 5.21. The van der Waals surface area contributed by atoms with Crippen LogP contribution >= 0.6 is 0 Å². The number of fused-ring (bicyclic) bond motifs is 1. The van der Waals surface area contributed by atoms with Crippen molar-refractivity contribution in [1.82, 2.24) is 4.90 Å². The standard InChI is InChI=1S/C25H25NO8/c1-3-12-31-24(28)17-4-6-18(7-5-17)33-23-16(2)32-21-15-19(8-9-20(21)22(23)27)34-25(29)26-10-13-30-14-11-26/h4-9,15H,3,10-14H2,1-2H3. The van der Waals surface area contributed by atoms with Crippen molar-refractivity contribution in [3.63, 3.8) is 0 Å². The molecule has 1 aliphatic rings. The van der Waals surface area contributed by atoms with Gasteiger partial charge in [-0.05, 0) is 49.7 Å². The number of morpholine rings is 1. The monoisotopic (exact) mass is 467 g/mol. The summed E-state index contributed by atoms with van der Waals surface area (Å²) in [5.74, 6) is 0.524. The third-order valence-electron chi connectivity index (χ3n) is 5.21. The number of benzene rings is 2. The van der Waals surface area contributed by atoms with Crippen LogP contribution in [0.2, 0.25) is 0 Å². The molecule has 2 aromatic carbocycles. The van der Waals surface area contributed by atoms with Gasteiger partial charge >= 0.3 is 12.1 Å². The van der Waals surface area contributed by atoms with Gasteiger partial charge in [0, 0.05) is 19.2 Å². The quantitative estimate of drug-likeness (QED) is 0.495. The highest BCUT2D eigenvalue weighted by Crippen LogP contribution is 2.28. The van der Waals surface area contributed by atoms with Crippen LogP contribution in [0.15, 0.2) is 51.7 Å². The Kier molecular flexibility index (Phi) is 7.12. The number of carbonyl (C=O) groups is 2. The number of hydrogen-bond donors (Lipinski definition) is 0. The molecular formula is C25H25NO8. The van der Waals surface area contributed by atoms with Gasteiger partial charge in [-0.1, -0.05) is 6.92 Å². The maximum absolute atomic E-state index is 13.0. The minimum atomic E-state index is -0.483. The summed E-state index contributed by atoms with van der Waals surface area (Å²) in [6.45, 7) is 5.73. The summed E-state index contributed by atoms with van der Waals surface area (Å²) in [5, 5.41) is 0.284. The molecule has 9 heteroatoms. The second-order valence-electron chi connectivity index (χ2n) is 7.70. The van der Waals surface area contributed by atoms with Crippen molar-refractivity contribution in [2.24, 2.45) is 0 Å². The fourth-order valence-electron chi connectivity index (χ4n) is 3.42. The summed E-state index contributed by atoms with van der Waals surface area (Å²) in [6, 6.07) is 10.9. The summed E-state index contributed by atoms with van der Waals surface area (Å²) < 4.78 is 27.3. The molecule has 1 fully saturated rings. The number of hydrogen-bond acceptors (Lipinski definition) is 8. The van der Waals surface area contributed by atoms with Gasteiger partial charge in [0.1, 0.15) is 22.8 Å². The van der Waals surface area contributed by atoms with E-state index in [1.165, 1.54) is 18.2 Å². The fraction of sp³-hybridized carbons (Fsp3) is 0.320. The first kappa shape index (κ1) is 23.3. The van der Waals surface area contributed by atoms with Gasteiger partial charge in [-0.15, -0.1) is 0 Å². The molecule has 0 bridgehead atoms. The molecule has 1 amide bonds. The van der Waals surface area contributed by atoms with Crippen molar-refractivity contribution in [2.75, 3.05) is 32.9 Å². The van der Waals surface area contributed by atoms with Crippen LogP contribution in [0.1, 0.15) is 29.5 Å². The van der Waals surface area contributed by atoms with Crippen molar-refractivity contribution in [3.8, 4) is 17.2 Å². The van der Waals surface area contributed by atoms with Crippen LogP contribution in [0.5, 0.6) is 17.2 Å². The van der Waals surface area contributed by atoms with Gasteiger partial charge in [-0.2, -0.15) is 0 Å². The summed E-state index contributed by atoms with van der Waals surface area (Å²) in [5.41, 5.74) is 0.301. The zero-order valence-electron chi connectivity index (χ0n) is 19.0. The lowest BCUT2D eigenvalue weighted by atomic mass is 10.2. The van der Waals surface area contributed by atoms with Crippen LogP contribution < -0.4 is 14.9 Å². The highest BCUT2D eigenvalue weighted by Gasteiger charge is 2.20. The van der Waals surface area contributed by atoms with Crippen molar-refractivity contribution in [2.45, 2.75) is 20.3 Å². The maximum atomic E-state index is 13.0. The first-order valence-corrected chi connectivity index (χ1v) is 11.0. The predicted octanol–water partition coefficient (Wildman–Crippen LogP) is 4.29. The SMILES string of the molecule is CCCOC(=O)c1ccc(Oc2c(C)oc3cc(OC(=O)N4CCOCC4)ccc3c2=O)cc1. The first-order chi connectivity index (χ1) is 16.5. The number of carbonyl (C=O) groups excluding carboxylic acids is 2. The van der Waals surface area contributed by atoms with Crippen molar-refractivity contribution in [3.05, 3.63) is 64.0 Å². The average molecular weight is 467 g/mol. The molecule has 178 valence electrons. The lowest BCUT2D eigenvalue weighted by Gasteiger charge is -2.25. The molecule has 1 aromatic heterocycles. The molecule has 9 nitrogen and oxygen atoms in total. The fourth-order valence-corrected chi connectivity index (χ4v) is 3.42.